The third-order valence-corrected chi connectivity index (χ3v) is 2.52. The van der Waals surface area contributed by atoms with Gasteiger partial charge in [0.15, 0.2) is 0 Å². The SMILES string of the molecule is COc1ccc(C(C)C)cc1[C@H](N)CO.Cl. The average molecular weight is 246 g/mol. The zero-order valence-corrected chi connectivity index (χ0v) is 10.8. The maximum Gasteiger partial charge on any atom is 0.123 e. The van der Waals surface area contributed by atoms with Gasteiger partial charge in [0.2, 0.25) is 0 Å². The second kappa shape index (κ2) is 6.74. The van der Waals surface area contributed by atoms with Crippen molar-refractivity contribution < 1.29 is 9.84 Å². The monoisotopic (exact) mass is 245 g/mol. The Balaban J connectivity index is 0.00000225. The van der Waals surface area contributed by atoms with Crippen molar-refractivity contribution in [2.24, 2.45) is 5.73 Å². The van der Waals surface area contributed by atoms with Gasteiger partial charge in [-0.25, -0.2) is 0 Å². The smallest absolute Gasteiger partial charge is 0.123 e. The van der Waals surface area contributed by atoms with Crippen LogP contribution >= 0.6 is 12.4 Å². The Morgan fingerprint density at radius 1 is 1.38 bits per heavy atom. The summed E-state index contributed by atoms with van der Waals surface area (Å²) in [7, 11) is 1.61. The first-order valence-corrected chi connectivity index (χ1v) is 5.14. The van der Waals surface area contributed by atoms with E-state index in [1.165, 1.54) is 5.56 Å². The number of methoxy groups -OCH3 is 1. The van der Waals surface area contributed by atoms with Crippen LogP contribution in [0, 0.1) is 0 Å². The molecule has 0 unspecified atom stereocenters. The molecule has 4 heteroatoms. The number of benzene rings is 1. The molecule has 0 bridgehead atoms. The number of aliphatic hydroxyl groups is 1. The summed E-state index contributed by atoms with van der Waals surface area (Å²) in [6.45, 7) is 4.17. The molecule has 3 nitrogen and oxygen atoms in total. The van der Waals surface area contributed by atoms with Crippen LogP contribution in [0.2, 0.25) is 0 Å². The largest absolute Gasteiger partial charge is 0.496 e. The molecule has 0 aliphatic carbocycles. The summed E-state index contributed by atoms with van der Waals surface area (Å²) < 4.78 is 5.21. The fraction of sp³-hybridized carbons (Fsp3) is 0.500. The van der Waals surface area contributed by atoms with E-state index in [0.717, 1.165) is 11.3 Å². The zero-order valence-electron chi connectivity index (χ0n) is 9.93. The minimum absolute atomic E-state index is 0. The van der Waals surface area contributed by atoms with Gasteiger partial charge in [-0.15, -0.1) is 12.4 Å². The topological polar surface area (TPSA) is 55.5 Å². The summed E-state index contributed by atoms with van der Waals surface area (Å²) in [4.78, 5) is 0. The van der Waals surface area contributed by atoms with Crippen LogP contribution in [0.15, 0.2) is 18.2 Å². The molecule has 1 atom stereocenters. The number of rotatable bonds is 4. The van der Waals surface area contributed by atoms with Crippen molar-refractivity contribution in [2.75, 3.05) is 13.7 Å². The van der Waals surface area contributed by atoms with E-state index in [1.807, 2.05) is 18.2 Å². The number of aliphatic hydroxyl groups excluding tert-OH is 1. The highest BCUT2D eigenvalue weighted by molar-refractivity contribution is 5.85. The molecule has 0 heterocycles. The van der Waals surface area contributed by atoms with E-state index in [4.69, 9.17) is 15.6 Å². The molecule has 0 saturated heterocycles. The molecule has 16 heavy (non-hydrogen) atoms. The molecule has 0 fully saturated rings. The zero-order chi connectivity index (χ0) is 11.4. The van der Waals surface area contributed by atoms with Crippen LogP contribution in [0.5, 0.6) is 5.75 Å². The molecule has 0 aliphatic rings. The predicted molar refractivity (Wildman–Crippen MR) is 68.3 cm³/mol. The van der Waals surface area contributed by atoms with E-state index >= 15 is 0 Å². The Labute approximate surface area is 103 Å². The van der Waals surface area contributed by atoms with Crippen molar-refractivity contribution in [1.82, 2.24) is 0 Å². The number of ether oxygens (including phenoxy) is 1. The summed E-state index contributed by atoms with van der Waals surface area (Å²) in [5.74, 6) is 1.18. The highest BCUT2D eigenvalue weighted by Crippen LogP contribution is 2.27. The summed E-state index contributed by atoms with van der Waals surface area (Å²) in [6.07, 6.45) is 0. The van der Waals surface area contributed by atoms with Gasteiger partial charge in [0.25, 0.3) is 0 Å². The lowest BCUT2D eigenvalue weighted by Crippen LogP contribution is -2.16. The Morgan fingerprint density at radius 3 is 2.44 bits per heavy atom. The molecule has 1 rings (SSSR count). The van der Waals surface area contributed by atoms with Crippen LogP contribution in [0.3, 0.4) is 0 Å². The first-order chi connectivity index (χ1) is 7.10. The number of halogens is 1. The minimum Gasteiger partial charge on any atom is -0.496 e. The van der Waals surface area contributed by atoms with Crippen LogP contribution in [-0.2, 0) is 0 Å². The highest BCUT2D eigenvalue weighted by Gasteiger charge is 2.12. The number of nitrogens with two attached hydrogens (primary N) is 1. The molecule has 0 saturated carbocycles. The van der Waals surface area contributed by atoms with Gasteiger partial charge in [0.1, 0.15) is 5.75 Å². The van der Waals surface area contributed by atoms with Gasteiger partial charge >= 0.3 is 0 Å². The second-order valence-electron chi connectivity index (χ2n) is 3.95. The lowest BCUT2D eigenvalue weighted by atomic mass is 9.97. The van der Waals surface area contributed by atoms with Crippen molar-refractivity contribution in [3.05, 3.63) is 29.3 Å². The Bertz CT molecular complexity index is 329. The van der Waals surface area contributed by atoms with Crippen molar-refractivity contribution in [2.45, 2.75) is 25.8 Å². The normalized spacial score (nSPS) is 12.1. The molecule has 0 spiro atoms. The average Bonchev–Trinajstić information content (AvgIpc) is 2.27. The van der Waals surface area contributed by atoms with Gasteiger partial charge in [-0.2, -0.15) is 0 Å². The van der Waals surface area contributed by atoms with E-state index in [0.29, 0.717) is 5.92 Å². The summed E-state index contributed by atoms with van der Waals surface area (Å²) in [6, 6.07) is 5.56. The van der Waals surface area contributed by atoms with E-state index < -0.39 is 0 Å². The molecule has 0 amide bonds. The third-order valence-electron chi connectivity index (χ3n) is 2.52. The Morgan fingerprint density at radius 2 is 2.00 bits per heavy atom. The van der Waals surface area contributed by atoms with E-state index in [2.05, 4.69) is 13.8 Å². The fourth-order valence-electron chi connectivity index (χ4n) is 1.50. The second-order valence-corrected chi connectivity index (χ2v) is 3.95. The summed E-state index contributed by atoms with van der Waals surface area (Å²) in [5, 5.41) is 9.06. The molecule has 0 aliphatic heterocycles. The van der Waals surface area contributed by atoms with Crippen molar-refractivity contribution in [1.29, 1.82) is 0 Å². The van der Waals surface area contributed by atoms with Gasteiger partial charge in [-0.05, 0) is 17.5 Å². The minimum atomic E-state index is -0.376. The van der Waals surface area contributed by atoms with E-state index in [-0.39, 0.29) is 25.1 Å². The quantitative estimate of drug-likeness (QED) is 0.855. The van der Waals surface area contributed by atoms with Gasteiger partial charge in [-0.3, -0.25) is 0 Å². The van der Waals surface area contributed by atoms with Gasteiger partial charge in [-0.1, -0.05) is 26.0 Å². The van der Waals surface area contributed by atoms with Crippen LogP contribution in [0.4, 0.5) is 0 Å². The van der Waals surface area contributed by atoms with Gasteiger partial charge in [0, 0.05) is 5.56 Å². The first-order valence-electron chi connectivity index (χ1n) is 5.14. The van der Waals surface area contributed by atoms with Crippen LogP contribution in [-0.4, -0.2) is 18.8 Å². The van der Waals surface area contributed by atoms with E-state index in [1.54, 1.807) is 7.11 Å². The van der Waals surface area contributed by atoms with Gasteiger partial charge < -0.3 is 15.6 Å². The predicted octanol–water partition coefficient (Wildman–Crippen LogP) is 2.23. The number of hydrogen-bond donors (Lipinski definition) is 2. The molecule has 0 radical (unpaired) electrons. The molecule has 92 valence electrons. The lowest BCUT2D eigenvalue weighted by molar-refractivity contribution is 0.264. The summed E-state index contributed by atoms with van der Waals surface area (Å²) in [5.41, 5.74) is 7.88. The Hall–Kier alpha value is -0.770. The molecular weight excluding hydrogens is 226 g/mol. The molecule has 3 N–H and O–H groups in total. The molecule has 0 aromatic heterocycles. The van der Waals surface area contributed by atoms with Crippen molar-refractivity contribution in [3.63, 3.8) is 0 Å². The van der Waals surface area contributed by atoms with Gasteiger partial charge in [0.05, 0.1) is 19.8 Å². The first kappa shape index (κ1) is 15.2. The lowest BCUT2D eigenvalue weighted by Gasteiger charge is -2.16. The van der Waals surface area contributed by atoms with Crippen LogP contribution in [0.1, 0.15) is 36.9 Å². The maximum atomic E-state index is 9.06. The summed E-state index contributed by atoms with van der Waals surface area (Å²) >= 11 is 0. The highest BCUT2D eigenvalue weighted by atomic mass is 35.5. The molecule has 1 aromatic rings. The molecule has 1 aromatic carbocycles. The van der Waals surface area contributed by atoms with Crippen molar-refractivity contribution in [3.8, 4) is 5.75 Å². The molecular formula is C12H20ClNO2. The van der Waals surface area contributed by atoms with Crippen molar-refractivity contribution >= 4 is 12.4 Å². The third kappa shape index (κ3) is 3.37. The maximum absolute atomic E-state index is 9.06. The fourth-order valence-corrected chi connectivity index (χ4v) is 1.50. The number of hydrogen-bond acceptors (Lipinski definition) is 3. The van der Waals surface area contributed by atoms with Crippen LogP contribution in [0.25, 0.3) is 0 Å². The Kier molecular flexibility index (Phi) is 6.41. The standard InChI is InChI=1S/C12H19NO2.ClH/c1-8(2)9-4-5-12(15-3)10(6-9)11(13)7-14;/h4-6,8,11,14H,7,13H2,1-3H3;1H/t11-;/m1./s1. The van der Waals surface area contributed by atoms with Crippen LogP contribution < -0.4 is 10.5 Å². The van der Waals surface area contributed by atoms with E-state index in [9.17, 15) is 0 Å².